The van der Waals surface area contributed by atoms with Crippen LogP contribution >= 0.6 is 11.6 Å². The minimum Gasteiger partial charge on any atom is -0.417 e. The lowest BCUT2D eigenvalue weighted by Crippen LogP contribution is -2.21. The number of hydrogen-bond acceptors (Lipinski definition) is 4. The Hall–Kier alpha value is -1.52. The Balaban J connectivity index is 2.03. The lowest BCUT2D eigenvalue weighted by Gasteiger charge is -2.05. The molecular formula is C14H17ClN2O2. The van der Waals surface area contributed by atoms with Gasteiger partial charge in [-0.2, -0.15) is 4.98 Å². The molecular weight excluding hydrogens is 264 g/mol. The minimum atomic E-state index is 0.242. The smallest absolute Gasteiger partial charge is 0.399 e. The van der Waals surface area contributed by atoms with Crippen molar-refractivity contribution in [2.75, 3.05) is 0 Å². The van der Waals surface area contributed by atoms with Gasteiger partial charge in [0.15, 0.2) is 0 Å². The molecule has 1 N–H and O–H groups in total. The predicted molar refractivity (Wildman–Crippen MR) is 74.7 cm³/mol. The van der Waals surface area contributed by atoms with E-state index >= 15 is 0 Å². The van der Waals surface area contributed by atoms with Crippen LogP contribution in [0.5, 0.6) is 11.8 Å². The van der Waals surface area contributed by atoms with Crippen LogP contribution in [0.2, 0.25) is 5.02 Å². The predicted octanol–water partition coefficient (Wildman–Crippen LogP) is 3.93. The summed E-state index contributed by atoms with van der Waals surface area (Å²) in [4.78, 5) is 4.26. The molecule has 19 heavy (non-hydrogen) atoms. The number of halogens is 1. The molecule has 0 saturated heterocycles. The molecule has 102 valence electrons. The van der Waals surface area contributed by atoms with E-state index in [-0.39, 0.29) is 6.08 Å². The van der Waals surface area contributed by atoms with Gasteiger partial charge < -0.3 is 14.5 Å². The lowest BCUT2D eigenvalue weighted by atomic mass is 10.2. The van der Waals surface area contributed by atoms with E-state index in [0.717, 1.165) is 11.3 Å². The van der Waals surface area contributed by atoms with Crippen molar-refractivity contribution in [3.8, 4) is 11.8 Å². The first-order valence-electron chi connectivity index (χ1n) is 6.16. The second kappa shape index (κ2) is 6.08. The molecule has 0 fully saturated rings. The maximum Gasteiger partial charge on any atom is 0.399 e. The van der Waals surface area contributed by atoms with Crippen LogP contribution in [-0.4, -0.2) is 11.0 Å². The summed E-state index contributed by atoms with van der Waals surface area (Å²) in [5.41, 5.74) is 1.75. The maximum absolute atomic E-state index is 5.89. The number of rotatable bonds is 5. The van der Waals surface area contributed by atoms with E-state index in [0.29, 0.717) is 23.4 Å². The third-order valence-corrected chi connectivity index (χ3v) is 2.79. The largest absolute Gasteiger partial charge is 0.417 e. The summed E-state index contributed by atoms with van der Waals surface area (Å²) in [6.07, 6.45) is 1.83. The van der Waals surface area contributed by atoms with Crippen LogP contribution in [0.4, 0.5) is 0 Å². The first kappa shape index (κ1) is 13.9. The molecule has 2 aromatic rings. The molecule has 0 spiro atoms. The number of nitrogens with one attached hydrogen (secondary N) is 1. The summed E-state index contributed by atoms with van der Waals surface area (Å²) in [5.74, 6) is 0.689. The molecule has 1 aromatic heterocycles. The van der Waals surface area contributed by atoms with Gasteiger partial charge in [0, 0.05) is 17.6 Å². The highest BCUT2D eigenvalue weighted by Crippen LogP contribution is 2.26. The fourth-order valence-corrected chi connectivity index (χ4v) is 1.77. The highest BCUT2D eigenvalue weighted by atomic mass is 35.5. The standard InChI is InChI=1S/C14H17ClN2O2/c1-9(2)16-7-12-8-18-14(17-12)19-13-5-4-11(15)6-10(13)3/h4-6,8-9,16H,7H2,1-3H3. The van der Waals surface area contributed by atoms with E-state index in [4.69, 9.17) is 20.8 Å². The fourth-order valence-electron chi connectivity index (χ4n) is 1.55. The van der Waals surface area contributed by atoms with Gasteiger partial charge in [-0.25, -0.2) is 0 Å². The molecule has 0 amide bonds. The van der Waals surface area contributed by atoms with E-state index in [9.17, 15) is 0 Å². The molecule has 0 bridgehead atoms. The first-order valence-corrected chi connectivity index (χ1v) is 6.54. The summed E-state index contributed by atoms with van der Waals surface area (Å²) < 4.78 is 10.9. The van der Waals surface area contributed by atoms with Crippen LogP contribution in [0.1, 0.15) is 25.1 Å². The fraction of sp³-hybridized carbons (Fsp3) is 0.357. The highest BCUT2D eigenvalue weighted by Gasteiger charge is 2.08. The van der Waals surface area contributed by atoms with Crippen molar-refractivity contribution < 1.29 is 9.15 Å². The SMILES string of the molecule is Cc1cc(Cl)ccc1Oc1nc(CNC(C)C)co1. The number of aromatic nitrogens is 1. The van der Waals surface area contributed by atoms with Gasteiger partial charge in [-0.05, 0) is 30.7 Å². The third kappa shape index (κ3) is 3.98. The Morgan fingerprint density at radius 3 is 2.89 bits per heavy atom. The molecule has 0 aliphatic carbocycles. The van der Waals surface area contributed by atoms with E-state index in [1.165, 1.54) is 0 Å². The van der Waals surface area contributed by atoms with Crippen molar-refractivity contribution in [3.63, 3.8) is 0 Å². The molecule has 1 heterocycles. The van der Waals surface area contributed by atoms with Crippen molar-refractivity contribution in [1.82, 2.24) is 10.3 Å². The second-order valence-corrected chi connectivity index (χ2v) is 5.09. The summed E-state index contributed by atoms with van der Waals surface area (Å²) in [6.45, 7) is 6.73. The molecule has 2 rings (SSSR count). The van der Waals surface area contributed by atoms with Gasteiger partial charge in [-0.3, -0.25) is 0 Å². The van der Waals surface area contributed by atoms with Gasteiger partial charge in [-0.15, -0.1) is 0 Å². The van der Waals surface area contributed by atoms with Crippen LogP contribution in [0.25, 0.3) is 0 Å². The second-order valence-electron chi connectivity index (χ2n) is 4.65. The van der Waals surface area contributed by atoms with E-state index in [1.807, 2.05) is 13.0 Å². The molecule has 1 aromatic carbocycles. The molecule has 5 heteroatoms. The highest BCUT2D eigenvalue weighted by molar-refractivity contribution is 6.30. The molecule has 0 unspecified atom stereocenters. The van der Waals surface area contributed by atoms with Gasteiger partial charge in [0.1, 0.15) is 12.0 Å². The van der Waals surface area contributed by atoms with Gasteiger partial charge in [-0.1, -0.05) is 25.4 Å². The van der Waals surface area contributed by atoms with E-state index in [1.54, 1.807) is 18.4 Å². The average molecular weight is 281 g/mol. The van der Waals surface area contributed by atoms with Crippen LogP contribution in [0.3, 0.4) is 0 Å². The van der Waals surface area contributed by atoms with Crippen LogP contribution in [0, 0.1) is 6.92 Å². The summed E-state index contributed by atoms with van der Waals surface area (Å²) in [7, 11) is 0. The lowest BCUT2D eigenvalue weighted by molar-refractivity contribution is 0.329. The van der Waals surface area contributed by atoms with Gasteiger partial charge in [0.25, 0.3) is 0 Å². The number of benzene rings is 1. The van der Waals surface area contributed by atoms with E-state index in [2.05, 4.69) is 24.1 Å². The van der Waals surface area contributed by atoms with Crippen molar-refractivity contribution in [2.45, 2.75) is 33.4 Å². The van der Waals surface area contributed by atoms with Crippen LogP contribution in [-0.2, 0) is 6.54 Å². The topological polar surface area (TPSA) is 47.3 Å². The normalized spacial score (nSPS) is 11.0. The Morgan fingerprint density at radius 2 is 2.21 bits per heavy atom. The zero-order chi connectivity index (χ0) is 13.8. The van der Waals surface area contributed by atoms with Gasteiger partial charge >= 0.3 is 6.08 Å². The Kier molecular flexibility index (Phi) is 4.45. The van der Waals surface area contributed by atoms with Crippen LogP contribution in [0.15, 0.2) is 28.9 Å². The summed E-state index contributed by atoms with van der Waals surface area (Å²) >= 11 is 5.89. The van der Waals surface area contributed by atoms with Crippen LogP contribution < -0.4 is 10.1 Å². The monoisotopic (exact) mass is 280 g/mol. The molecule has 0 aliphatic heterocycles. The van der Waals surface area contributed by atoms with Crippen molar-refractivity contribution in [1.29, 1.82) is 0 Å². The zero-order valence-corrected chi connectivity index (χ0v) is 12.0. The molecule has 0 aliphatic rings. The van der Waals surface area contributed by atoms with Crippen molar-refractivity contribution in [2.24, 2.45) is 0 Å². The number of hydrogen-bond donors (Lipinski definition) is 1. The number of nitrogens with zero attached hydrogens (tertiary/aromatic N) is 1. The average Bonchev–Trinajstić information content (AvgIpc) is 2.78. The first-order chi connectivity index (χ1) is 9.04. The summed E-state index contributed by atoms with van der Waals surface area (Å²) in [5, 5.41) is 3.94. The van der Waals surface area contributed by atoms with E-state index < -0.39 is 0 Å². The quantitative estimate of drug-likeness (QED) is 0.901. The Morgan fingerprint density at radius 1 is 1.42 bits per heavy atom. The van der Waals surface area contributed by atoms with Gasteiger partial charge in [0.05, 0.1) is 5.69 Å². The number of aryl methyl sites for hydroxylation is 1. The summed E-state index contributed by atoms with van der Waals surface area (Å²) in [6, 6.07) is 5.81. The minimum absolute atomic E-state index is 0.242. The van der Waals surface area contributed by atoms with Gasteiger partial charge in [0.2, 0.25) is 0 Å². The molecule has 0 atom stereocenters. The molecule has 0 saturated carbocycles. The Labute approximate surface area is 117 Å². The zero-order valence-electron chi connectivity index (χ0n) is 11.2. The Bertz CT molecular complexity index is 552. The van der Waals surface area contributed by atoms with Crippen molar-refractivity contribution >= 4 is 11.6 Å². The number of ether oxygens (including phenoxy) is 1. The maximum atomic E-state index is 5.89. The van der Waals surface area contributed by atoms with Crippen molar-refractivity contribution in [3.05, 3.63) is 40.7 Å². The number of oxazole rings is 1. The molecule has 0 radical (unpaired) electrons. The molecule has 4 nitrogen and oxygen atoms in total. The third-order valence-electron chi connectivity index (χ3n) is 2.56.